The van der Waals surface area contributed by atoms with Gasteiger partial charge >= 0.3 is 0 Å². The zero-order chi connectivity index (χ0) is 11.9. The summed E-state index contributed by atoms with van der Waals surface area (Å²) < 4.78 is 0. The van der Waals surface area contributed by atoms with E-state index < -0.39 is 0 Å². The third kappa shape index (κ3) is 1.66. The smallest absolute Gasteiger partial charge is 0.161 e. The van der Waals surface area contributed by atoms with Crippen molar-refractivity contribution in [2.75, 3.05) is 0 Å². The fraction of sp³-hybridized carbons (Fsp3) is 0.312. The van der Waals surface area contributed by atoms with Gasteiger partial charge in [-0.25, -0.2) is 0 Å². The molecular weight excluding hydrogens is 208 g/mol. The monoisotopic (exact) mass is 224 g/mol. The summed E-state index contributed by atoms with van der Waals surface area (Å²) in [5, 5.41) is 0. The van der Waals surface area contributed by atoms with Crippen molar-refractivity contribution in [2.24, 2.45) is 11.3 Å². The first-order valence-corrected chi connectivity index (χ1v) is 6.17. The maximum Gasteiger partial charge on any atom is 0.161 e. The number of ketones is 1. The van der Waals surface area contributed by atoms with Gasteiger partial charge in [0.2, 0.25) is 0 Å². The van der Waals surface area contributed by atoms with E-state index in [9.17, 15) is 4.79 Å². The molecule has 1 nitrogen and oxygen atoms in total. The number of fused-ring (bicyclic) bond motifs is 2. The van der Waals surface area contributed by atoms with Crippen LogP contribution in [-0.2, 0) is 4.79 Å². The Kier molecular flexibility index (Phi) is 2.29. The van der Waals surface area contributed by atoms with Gasteiger partial charge in [0.05, 0.1) is 0 Å². The van der Waals surface area contributed by atoms with Crippen LogP contribution in [0.15, 0.2) is 48.6 Å². The molecule has 2 atom stereocenters. The van der Waals surface area contributed by atoms with Gasteiger partial charge in [-0.05, 0) is 30.1 Å². The molecule has 0 heterocycles. The maximum absolute atomic E-state index is 11.9. The summed E-state index contributed by atoms with van der Waals surface area (Å²) in [6.07, 6.45) is 7.94. The molecule has 0 aliphatic heterocycles. The van der Waals surface area contributed by atoms with Crippen LogP contribution in [0.25, 0.3) is 5.57 Å². The van der Waals surface area contributed by atoms with Gasteiger partial charge in [0.1, 0.15) is 0 Å². The Morgan fingerprint density at radius 2 is 2.00 bits per heavy atom. The summed E-state index contributed by atoms with van der Waals surface area (Å²) in [5.41, 5.74) is 2.52. The lowest BCUT2D eigenvalue weighted by atomic mass is 9.65. The molecular formula is C16H16O. The van der Waals surface area contributed by atoms with Crippen LogP contribution in [0.5, 0.6) is 0 Å². The number of hydrogen-bond donors (Lipinski definition) is 0. The third-order valence-electron chi connectivity index (χ3n) is 4.02. The molecule has 0 saturated carbocycles. The molecule has 0 radical (unpaired) electrons. The third-order valence-corrected chi connectivity index (χ3v) is 4.02. The lowest BCUT2D eigenvalue weighted by molar-refractivity contribution is -0.124. The van der Waals surface area contributed by atoms with E-state index in [4.69, 9.17) is 0 Å². The van der Waals surface area contributed by atoms with Crippen molar-refractivity contribution >= 4 is 11.4 Å². The van der Waals surface area contributed by atoms with Crippen molar-refractivity contribution in [3.05, 3.63) is 54.1 Å². The Morgan fingerprint density at radius 3 is 2.76 bits per heavy atom. The molecule has 17 heavy (non-hydrogen) atoms. The molecule has 1 aromatic carbocycles. The van der Waals surface area contributed by atoms with Crippen LogP contribution in [0.4, 0.5) is 0 Å². The zero-order valence-corrected chi connectivity index (χ0v) is 10.0. The van der Waals surface area contributed by atoms with Gasteiger partial charge in [0.25, 0.3) is 0 Å². The molecule has 0 amide bonds. The van der Waals surface area contributed by atoms with Crippen molar-refractivity contribution in [3.63, 3.8) is 0 Å². The van der Waals surface area contributed by atoms with Crippen LogP contribution in [0.3, 0.4) is 0 Å². The van der Waals surface area contributed by atoms with Gasteiger partial charge in [-0.2, -0.15) is 0 Å². The van der Waals surface area contributed by atoms with Crippen LogP contribution in [0.1, 0.15) is 25.3 Å². The van der Waals surface area contributed by atoms with E-state index in [-0.39, 0.29) is 11.2 Å². The molecule has 1 heteroatoms. The highest BCUT2D eigenvalue weighted by molar-refractivity contribution is 5.97. The highest BCUT2D eigenvalue weighted by Crippen LogP contribution is 2.46. The fourth-order valence-electron chi connectivity index (χ4n) is 2.91. The predicted octanol–water partition coefficient (Wildman–Crippen LogP) is 3.63. The van der Waals surface area contributed by atoms with Gasteiger partial charge in [0, 0.05) is 11.3 Å². The number of allylic oxidation sites excluding steroid dienone is 4. The van der Waals surface area contributed by atoms with Gasteiger partial charge in [-0.3, -0.25) is 4.79 Å². The molecule has 0 N–H and O–H groups in total. The first-order valence-electron chi connectivity index (χ1n) is 6.17. The van der Waals surface area contributed by atoms with E-state index in [1.54, 1.807) is 6.08 Å². The summed E-state index contributed by atoms with van der Waals surface area (Å²) in [7, 11) is 0. The Balaban J connectivity index is 2.01. The van der Waals surface area contributed by atoms with E-state index in [0.717, 1.165) is 12.8 Å². The molecule has 1 aromatic rings. The highest BCUT2D eigenvalue weighted by Gasteiger charge is 2.39. The van der Waals surface area contributed by atoms with Crippen molar-refractivity contribution in [3.8, 4) is 0 Å². The number of hydrogen-bond acceptors (Lipinski definition) is 1. The SMILES string of the molecule is CC12CC=C(c3ccccc3)C(C=CC1=O)C2. The molecule has 86 valence electrons. The van der Waals surface area contributed by atoms with Gasteiger partial charge in [-0.15, -0.1) is 0 Å². The second-order valence-corrected chi connectivity index (χ2v) is 5.32. The minimum atomic E-state index is -0.155. The maximum atomic E-state index is 11.9. The van der Waals surface area contributed by atoms with Crippen molar-refractivity contribution < 1.29 is 4.79 Å². The van der Waals surface area contributed by atoms with Gasteiger partial charge in [-0.1, -0.05) is 49.4 Å². The van der Waals surface area contributed by atoms with E-state index in [1.807, 2.05) is 6.07 Å². The standard InChI is InChI=1S/C16H16O/c1-16-10-9-14(12-5-3-2-4-6-12)13(11-16)7-8-15(16)17/h2-9,13H,10-11H2,1H3. The summed E-state index contributed by atoms with van der Waals surface area (Å²) in [6, 6.07) is 10.5. The summed E-state index contributed by atoms with van der Waals surface area (Å²) in [5.74, 6) is 0.700. The summed E-state index contributed by atoms with van der Waals surface area (Å²) in [4.78, 5) is 11.9. The average molecular weight is 224 g/mol. The van der Waals surface area contributed by atoms with E-state index in [1.165, 1.54) is 11.1 Å². The lowest BCUT2D eigenvalue weighted by Gasteiger charge is -2.38. The Bertz CT molecular complexity index is 510. The Hall–Kier alpha value is -1.63. The van der Waals surface area contributed by atoms with E-state index in [2.05, 4.69) is 43.3 Å². The molecule has 0 saturated heterocycles. The first kappa shape index (κ1) is 10.5. The normalized spacial score (nSPS) is 31.2. The molecule has 2 aliphatic carbocycles. The van der Waals surface area contributed by atoms with Crippen LogP contribution in [0, 0.1) is 11.3 Å². The van der Waals surface area contributed by atoms with Crippen LogP contribution >= 0.6 is 0 Å². The molecule has 0 aromatic heterocycles. The average Bonchev–Trinajstić information content (AvgIpc) is 2.36. The summed E-state index contributed by atoms with van der Waals surface area (Å²) >= 11 is 0. The molecule has 0 fully saturated rings. The Morgan fingerprint density at radius 1 is 1.24 bits per heavy atom. The lowest BCUT2D eigenvalue weighted by Crippen LogP contribution is -2.34. The fourth-order valence-corrected chi connectivity index (χ4v) is 2.91. The van der Waals surface area contributed by atoms with E-state index >= 15 is 0 Å². The zero-order valence-electron chi connectivity index (χ0n) is 10.0. The van der Waals surface area contributed by atoms with Crippen molar-refractivity contribution in [1.29, 1.82) is 0 Å². The quantitative estimate of drug-likeness (QED) is 0.712. The van der Waals surface area contributed by atoms with Crippen LogP contribution in [-0.4, -0.2) is 5.78 Å². The first-order chi connectivity index (χ1) is 8.19. The molecule has 0 spiro atoms. The number of benzene rings is 1. The second-order valence-electron chi connectivity index (χ2n) is 5.32. The second kappa shape index (κ2) is 3.69. The van der Waals surface area contributed by atoms with Gasteiger partial charge < -0.3 is 0 Å². The summed E-state index contributed by atoms with van der Waals surface area (Å²) in [6.45, 7) is 2.09. The number of carbonyl (C=O) groups excluding carboxylic acids is 1. The predicted molar refractivity (Wildman–Crippen MR) is 69.4 cm³/mol. The minimum Gasteiger partial charge on any atom is -0.294 e. The van der Waals surface area contributed by atoms with E-state index in [0.29, 0.717) is 5.92 Å². The number of carbonyl (C=O) groups is 1. The van der Waals surface area contributed by atoms with Crippen molar-refractivity contribution in [2.45, 2.75) is 19.8 Å². The van der Waals surface area contributed by atoms with Gasteiger partial charge in [0.15, 0.2) is 5.78 Å². The van der Waals surface area contributed by atoms with Crippen LogP contribution < -0.4 is 0 Å². The Labute approximate surface area is 102 Å². The van der Waals surface area contributed by atoms with Crippen molar-refractivity contribution in [1.82, 2.24) is 0 Å². The molecule has 2 aliphatic rings. The molecule has 2 bridgehead atoms. The minimum absolute atomic E-state index is 0.155. The topological polar surface area (TPSA) is 17.1 Å². The largest absolute Gasteiger partial charge is 0.294 e. The highest BCUT2D eigenvalue weighted by atomic mass is 16.1. The molecule has 2 unspecified atom stereocenters. The molecule has 3 rings (SSSR count). The number of rotatable bonds is 1. The van der Waals surface area contributed by atoms with Crippen LogP contribution in [0.2, 0.25) is 0 Å².